The number of hydrogen-bond donors (Lipinski definition) is 3. The molecule has 0 saturated heterocycles. The third-order valence-electron chi connectivity index (χ3n) is 2.83. The number of carbonyl (C=O) groups excluding carboxylic acids is 2. The van der Waals surface area contributed by atoms with Gasteiger partial charge >= 0.3 is 6.03 Å². The van der Waals surface area contributed by atoms with E-state index in [1.54, 1.807) is 6.07 Å². The van der Waals surface area contributed by atoms with Crippen LogP contribution in [0.2, 0.25) is 0 Å². The molecule has 3 amide bonds. The molecule has 0 saturated carbocycles. The molecule has 0 aliphatic rings. The molecule has 0 aliphatic carbocycles. The molecular weight excluding hydrogens is 294 g/mol. The first-order chi connectivity index (χ1) is 10.5. The molecule has 8 heteroatoms. The van der Waals surface area contributed by atoms with Crippen molar-refractivity contribution in [3.05, 3.63) is 48.0 Å². The van der Waals surface area contributed by atoms with Crippen LogP contribution in [0.15, 0.2) is 36.7 Å². The van der Waals surface area contributed by atoms with Crippen LogP contribution in [-0.4, -0.2) is 29.7 Å². The summed E-state index contributed by atoms with van der Waals surface area (Å²) in [7, 11) is 0. The minimum Gasteiger partial charge on any atom is -0.365 e. The average molecular weight is 308 g/mol. The Labute approximate surface area is 124 Å². The normalized spacial score (nSPS) is 10.3. The minimum atomic E-state index is -0.754. The van der Waals surface area contributed by atoms with E-state index in [1.165, 1.54) is 35.2 Å². The molecule has 0 aliphatic heterocycles. The summed E-state index contributed by atoms with van der Waals surface area (Å²) < 4.78 is 26.7. The van der Waals surface area contributed by atoms with E-state index in [4.69, 9.17) is 5.73 Å². The fraction of sp³-hybridized carbons (Fsp3) is 0.143. The molecule has 1 aromatic heterocycles. The van der Waals surface area contributed by atoms with Crippen molar-refractivity contribution in [2.75, 3.05) is 18.5 Å². The molecule has 0 atom stereocenters. The SMILES string of the molecule is NC(=O)c1cn(-c2cccc(F)c2)cc1NC(=O)NCCF. The Hall–Kier alpha value is -2.90. The smallest absolute Gasteiger partial charge is 0.319 e. The summed E-state index contributed by atoms with van der Waals surface area (Å²) in [5.41, 5.74) is 5.91. The highest BCUT2D eigenvalue weighted by Gasteiger charge is 2.15. The zero-order valence-corrected chi connectivity index (χ0v) is 11.5. The van der Waals surface area contributed by atoms with Crippen molar-refractivity contribution in [2.45, 2.75) is 0 Å². The van der Waals surface area contributed by atoms with Crippen molar-refractivity contribution < 1.29 is 18.4 Å². The van der Waals surface area contributed by atoms with E-state index in [0.717, 1.165) is 0 Å². The van der Waals surface area contributed by atoms with Crippen molar-refractivity contribution in [3.8, 4) is 5.69 Å². The molecule has 1 heterocycles. The summed E-state index contributed by atoms with van der Waals surface area (Å²) in [4.78, 5) is 23.0. The molecule has 2 aromatic rings. The second-order valence-electron chi connectivity index (χ2n) is 4.41. The third-order valence-corrected chi connectivity index (χ3v) is 2.83. The molecule has 2 rings (SSSR count). The third kappa shape index (κ3) is 3.60. The van der Waals surface area contributed by atoms with Crippen LogP contribution in [-0.2, 0) is 0 Å². The molecule has 0 fully saturated rings. The molecule has 116 valence electrons. The van der Waals surface area contributed by atoms with E-state index in [9.17, 15) is 18.4 Å². The number of halogens is 2. The fourth-order valence-corrected chi connectivity index (χ4v) is 1.86. The first-order valence-corrected chi connectivity index (χ1v) is 6.40. The minimum absolute atomic E-state index is 0.0552. The summed E-state index contributed by atoms with van der Waals surface area (Å²) in [6.45, 7) is -0.858. The maximum atomic E-state index is 13.2. The van der Waals surface area contributed by atoms with Gasteiger partial charge < -0.3 is 20.9 Å². The number of rotatable bonds is 5. The second-order valence-corrected chi connectivity index (χ2v) is 4.41. The van der Waals surface area contributed by atoms with E-state index < -0.39 is 24.4 Å². The lowest BCUT2D eigenvalue weighted by Crippen LogP contribution is -2.31. The number of nitrogens with zero attached hydrogens (tertiary/aromatic N) is 1. The van der Waals surface area contributed by atoms with Gasteiger partial charge in [0.05, 0.1) is 11.3 Å². The summed E-state index contributed by atoms with van der Waals surface area (Å²) in [5.74, 6) is -1.20. The van der Waals surface area contributed by atoms with Gasteiger partial charge in [0.1, 0.15) is 12.5 Å². The van der Waals surface area contributed by atoms with Crippen molar-refractivity contribution in [1.82, 2.24) is 9.88 Å². The van der Waals surface area contributed by atoms with Crippen LogP contribution < -0.4 is 16.4 Å². The van der Waals surface area contributed by atoms with Gasteiger partial charge in [-0.05, 0) is 18.2 Å². The number of hydrogen-bond acceptors (Lipinski definition) is 2. The highest BCUT2D eigenvalue weighted by Crippen LogP contribution is 2.20. The first-order valence-electron chi connectivity index (χ1n) is 6.40. The van der Waals surface area contributed by atoms with Gasteiger partial charge in [0.2, 0.25) is 0 Å². The van der Waals surface area contributed by atoms with Gasteiger partial charge in [0, 0.05) is 24.6 Å². The van der Waals surface area contributed by atoms with Crippen molar-refractivity contribution in [3.63, 3.8) is 0 Å². The number of aromatic nitrogens is 1. The van der Waals surface area contributed by atoms with Crippen LogP contribution in [0, 0.1) is 5.82 Å². The van der Waals surface area contributed by atoms with Crippen LogP contribution >= 0.6 is 0 Å². The number of carbonyl (C=O) groups is 2. The molecule has 4 N–H and O–H groups in total. The van der Waals surface area contributed by atoms with Gasteiger partial charge in [-0.25, -0.2) is 13.6 Å². The number of nitrogens with one attached hydrogen (secondary N) is 2. The Morgan fingerprint density at radius 1 is 1.27 bits per heavy atom. The lowest BCUT2D eigenvalue weighted by atomic mass is 10.3. The predicted octanol–water partition coefficient (Wildman–Crippen LogP) is 1.81. The Bertz CT molecular complexity index is 700. The highest BCUT2D eigenvalue weighted by molar-refractivity contribution is 6.02. The van der Waals surface area contributed by atoms with E-state index in [0.29, 0.717) is 5.69 Å². The van der Waals surface area contributed by atoms with E-state index in [-0.39, 0.29) is 17.8 Å². The summed E-state index contributed by atoms with van der Waals surface area (Å²) >= 11 is 0. The summed E-state index contributed by atoms with van der Waals surface area (Å²) in [5, 5.41) is 4.66. The van der Waals surface area contributed by atoms with Gasteiger partial charge in [-0.3, -0.25) is 4.79 Å². The number of nitrogens with two attached hydrogens (primary N) is 1. The number of urea groups is 1. The fourth-order valence-electron chi connectivity index (χ4n) is 1.86. The quantitative estimate of drug-likeness (QED) is 0.786. The maximum absolute atomic E-state index is 13.2. The Morgan fingerprint density at radius 2 is 2.05 bits per heavy atom. The topological polar surface area (TPSA) is 89.2 Å². The monoisotopic (exact) mass is 308 g/mol. The molecule has 1 aromatic carbocycles. The molecule has 0 radical (unpaired) electrons. The average Bonchev–Trinajstić information content (AvgIpc) is 2.89. The molecule has 0 unspecified atom stereocenters. The zero-order valence-electron chi connectivity index (χ0n) is 11.5. The standard InChI is InChI=1S/C14H14F2N4O2/c15-4-5-18-14(22)19-12-8-20(7-11(12)13(17)21)10-3-1-2-9(16)6-10/h1-3,6-8H,4-5H2,(H2,17,21)(H2,18,19,22). The van der Waals surface area contributed by atoms with E-state index >= 15 is 0 Å². The number of primary amides is 1. The summed E-state index contributed by atoms with van der Waals surface area (Å²) in [6.07, 6.45) is 2.80. The molecule has 22 heavy (non-hydrogen) atoms. The van der Waals surface area contributed by atoms with Gasteiger partial charge in [-0.2, -0.15) is 0 Å². The predicted molar refractivity (Wildman–Crippen MR) is 77.2 cm³/mol. The molecular formula is C14H14F2N4O2. The largest absolute Gasteiger partial charge is 0.365 e. The van der Waals surface area contributed by atoms with Crippen molar-refractivity contribution in [2.24, 2.45) is 5.73 Å². The van der Waals surface area contributed by atoms with Crippen LogP contribution in [0.1, 0.15) is 10.4 Å². The number of alkyl halides is 1. The van der Waals surface area contributed by atoms with Crippen molar-refractivity contribution >= 4 is 17.6 Å². The van der Waals surface area contributed by atoms with Crippen molar-refractivity contribution in [1.29, 1.82) is 0 Å². The van der Waals surface area contributed by atoms with E-state index in [2.05, 4.69) is 10.6 Å². The van der Waals surface area contributed by atoms with Gasteiger partial charge in [0.25, 0.3) is 5.91 Å². The Kier molecular flexibility index (Phi) is 4.72. The van der Waals surface area contributed by atoms with Gasteiger partial charge in [-0.1, -0.05) is 6.07 Å². The first kappa shape index (κ1) is 15.5. The van der Waals surface area contributed by atoms with E-state index in [1.807, 2.05) is 0 Å². The molecule has 0 bridgehead atoms. The second kappa shape index (κ2) is 6.70. The number of benzene rings is 1. The van der Waals surface area contributed by atoms with Crippen LogP contribution in [0.5, 0.6) is 0 Å². The summed E-state index contributed by atoms with van der Waals surface area (Å²) in [6, 6.07) is 5.01. The van der Waals surface area contributed by atoms with Gasteiger partial charge in [0.15, 0.2) is 0 Å². The zero-order chi connectivity index (χ0) is 16.1. The molecule has 0 spiro atoms. The van der Waals surface area contributed by atoms with Crippen LogP contribution in [0.25, 0.3) is 5.69 Å². The van der Waals surface area contributed by atoms with Crippen LogP contribution in [0.4, 0.5) is 19.3 Å². The molecule has 6 nitrogen and oxygen atoms in total. The number of anilines is 1. The van der Waals surface area contributed by atoms with Crippen LogP contribution in [0.3, 0.4) is 0 Å². The lowest BCUT2D eigenvalue weighted by molar-refractivity contribution is 0.100. The Balaban J connectivity index is 2.30. The Morgan fingerprint density at radius 3 is 2.68 bits per heavy atom. The highest BCUT2D eigenvalue weighted by atomic mass is 19.1. The lowest BCUT2D eigenvalue weighted by Gasteiger charge is -2.05. The maximum Gasteiger partial charge on any atom is 0.319 e. The number of amides is 3. The van der Waals surface area contributed by atoms with Gasteiger partial charge in [-0.15, -0.1) is 0 Å².